The van der Waals surface area contributed by atoms with Crippen LogP contribution in [0.25, 0.3) is 0 Å². The lowest BCUT2D eigenvalue weighted by molar-refractivity contribution is 0.181. The normalized spacial score (nSPS) is 20.7. The lowest BCUT2D eigenvalue weighted by Gasteiger charge is -2.21. The van der Waals surface area contributed by atoms with Gasteiger partial charge in [0.25, 0.3) is 0 Å². The minimum Gasteiger partial charge on any atom is -0.381 e. The van der Waals surface area contributed by atoms with E-state index < -0.39 is 0 Å². The average molecular weight is 286 g/mol. The van der Waals surface area contributed by atoms with Crippen molar-refractivity contribution in [2.45, 2.75) is 32.2 Å². The molecule has 0 radical (unpaired) electrons. The van der Waals surface area contributed by atoms with Crippen molar-refractivity contribution < 1.29 is 9.13 Å². The van der Waals surface area contributed by atoms with Gasteiger partial charge in [-0.15, -0.1) is 0 Å². The molecular formula is C15H21ClFNO. The molecule has 2 rings (SSSR count). The molecule has 1 aliphatic heterocycles. The topological polar surface area (TPSA) is 21.3 Å². The van der Waals surface area contributed by atoms with Crippen LogP contribution in [0.2, 0.25) is 5.02 Å². The van der Waals surface area contributed by atoms with E-state index in [-0.39, 0.29) is 11.9 Å². The molecule has 0 aliphatic carbocycles. The van der Waals surface area contributed by atoms with E-state index in [9.17, 15) is 4.39 Å². The molecule has 1 N–H and O–H groups in total. The Morgan fingerprint density at radius 2 is 2.37 bits per heavy atom. The summed E-state index contributed by atoms with van der Waals surface area (Å²) in [6, 6.07) is 5.05. The molecule has 1 fully saturated rings. The Morgan fingerprint density at radius 1 is 1.53 bits per heavy atom. The maximum Gasteiger partial charge on any atom is 0.126 e. The van der Waals surface area contributed by atoms with Crippen molar-refractivity contribution in [3.63, 3.8) is 0 Å². The first-order valence-electron chi connectivity index (χ1n) is 6.94. The van der Waals surface area contributed by atoms with Gasteiger partial charge in [0.15, 0.2) is 0 Å². The summed E-state index contributed by atoms with van der Waals surface area (Å²) in [5, 5.41) is 4.03. The molecule has 1 aliphatic rings. The first-order chi connectivity index (χ1) is 9.19. The SMILES string of the molecule is CCNC(Cc1cc(Cl)ccc1F)CC1CCOC1. The Balaban J connectivity index is 2.00. The largest absolute Gasteiger partial charge is 0.381 e. The van der Waals surface area contributed by atoms with Gasteiger partial charge in [0, 0.05) is 24.3 Å². The van der Waals surface area contributed by atoms with Gasteiger partial charge in [-0.05, 0) is 55.5 Å². The van der Waals surface area contributed by atoms with Crippen LogP contribution in [0.5, 0.6) is 0 Å². The zero-order chi connectivity index (χ0) is 13.7. The van der Waals surface area contributed by atoms with Crippen LogP contribution >= 0.6 is 11.6 Å². The molecule has 0 spiro atoms. The molecule has 0 bridgehead atoms. The maximum atomic E-state index is 13.8. The Bertz CT molecular complexity index is 407. The molecule has 0 saturated carbocycles. The van der Waals surface area contributed by atoms with Gasteiger partial charge < -0.3 is 10.1 Å². The third kappa shape index (κ3) is 4.44. The summed E-state index contributed by atoms with van der Waals surface area (Å²) >= 11 is 5.94. The van der Waals surface area contributed by atoms with Gasteiger partial charge in [0.2, 0.25) is 0 Å². The number of likely N-dealkylation sites (N-methyl/N-ethyl adjacent to an activating group) is 1. The van der Waals surface area contributed by atoms with Crippen molar-refractivity contribution >= 4 is 11.6 Å². The third-order valence-electron chi connectivity index (χ3n) is 3.61. The fourth-order valence-corrected chi connectivity index (χ4v) is 2.86. The lowest BCUT2D eigenvalue weighted by Crippen LogP contribution is -2.33. The smallest absolute Gasteiger partial charge is 0.126 e. The molecular weight excluding hydrogens is 265 g/mol. The Labute approximate surface area is 119 Å². The molecule has 1 heterocycles. The maximum absolute atomic E-state index is 13.8. The van der Waals surface area contributed by atoms with Crippen LogP contribution in [-0.4, -0.2) is 25.8 Å². The van der Waals surface area contributed by atoms with Crippen LogP contribution in [-0.2, 0) is 11.2 Å². The first-order valence-corrected chi connectivity index (χ1v) is 7.32. The molecule has 106 valence electrons. The van der Waals surface area contributed by atoms with E-state index in [4.69, 9.17) is 16.3 Å². The fourth-order valence-electron chi connectivity index (χ4n) is 2.66. The average Bonchev–Trinajstić information content (AvgIpc) is 2.87. The number of rotatable bonds is 6. The second-order valence-electron chi connectivity index (χ2n) is 5.16. The van der Waals surface area contributed by atoms with E-state index in [2.05, 4.69) is 12.2 Å². The summed E-state index contributed by atoms with van der Waals surface area (Å²) in [5.74, 6) is 0.418. The van der Waals surface area contributed by atoms with Crippen LogP contribution in [0, 0.1) is 11.7 Å². The number of nitrogens with one attached hydrogen (secondary N) is 1. The van der Waals surface area contributed by atoms with Crippen LogP contribution in [0.1, 0.15) is 25.3 Å². The summed E-state index contributed by atoms with van der Waals surface area (Å²) < 4.78 is 19.2. The molecule has 19 heavy (non-hydrogen) atoms. The second kappa shape index (κ2) is 7.22. The molecule has 2 unspecified atom stereocenters. The summed E-state index contributed by atoms with van der Waals surface area (Å²) in [6.45, 7) is 4.65. The monoisotopic (exact) mass is 285 g/mol. The van der Waals surface area contributed by atoms with Crippen LogP contribution < -0.4 is 5.32 Å². The molecule has 0 amide bonds. The van der Waals surface area contributed by atoms with Crippen molar-refractivity contribution in [2.24, 2.45) is 5.92 Å². The predicted molar refractivity (Wildman–Crippen MR) is 76.1 cm³/mol. The molecule has 0 aromatic heterocycles. The highest BCUT2D eigenvalue weighted by Crippen LogP contribution is 2.22. The number of benzene rings is 1. The minimum absolute atomic E-state index is 0.171. The van der Waals surface area contributed by atoms with Crippen molar-refractivity contribution in [3.8, 4) is 0 Å². The zero-order valence-electron chi connectivity index (χ0n) is 11.3. The molecule has 2 nitrogen and oxygen atoms in total. The van der Waals surface area contributed by atoms with Crippen LogP contribution in [0.15, 0.2) is 18.2 Å². The fraction of sp³-hybridized carbons (Fsp3) is 0.600. The van der Waals surface area contributed by atoms with Crippen molar-refractivity contribution in [3.05, 3.63) is 34.6 Å². The summed E-state index contributed by atoms with van der Waals surface area (Å²) in [6.07, 6.45) is 2.82. The highest BCUT2D eigenvalue weighted by atomic mass is 35.5. The quantitative estimate of drug-likeness (QED) is 0.865. The highest BCUT2D eigenvalue weighted by molar-refractivity contribution is 6.30. The third-order valence-corrected chi connectivity index (χ3v) is 3.84. The van der Waals surface area contributed by atoms with Gasteiger partial charge in [-0.1, -0.05) is 18.5 Å². The van der Waals surface area contributed by atoms with Gasteiger partial charge in [-0.2, -0.15) is 0 Å². The number of ether oxygens (including phenoxy) is 1. The highest BCUT2D eigenvalue weighted by Gasteiger charge is 2.21. The van der Waals surface area contributed by atoms with E-state index >= 15 is 0 Å². The molecule has 2 atom stereocenters. The molecule has 1 aromatic carbocycles. The number of hydrogen-bond acceptors (Lipinski definition) is 2. The van der Waals surface area contributed by atoms with E-state index in [1.54, 1.807) is 12.1 Å². The zero-order valence-corrected chi connectivity index (χ0v) is 12.0. The minimum atomic E-state index is -0.171. The first kappa shape index (κ1) is 14.8. The lowest BCUT2D eigenvalue weighted by atomic mass is 9.94. The van der Waals surface area contributed by atoms with E-state index in [1.807, 2.05) is 0 Å². The van der Waals surface area contributed by atoms with Gasteiger partial charge in [-0.3, -0.25) is 0 Å². The Hall–Kier alpha value is -0.640. The van der Waals surface area contributed by atoms with Crippen molar-refractivity contribution in [1.82, 2.24) is 5.32 Å². The second-order valence-corrected chi connectivity index (χ2v) is 5.60. The summed E-state index contributed by atoms with van der Waals surface area (Å²) in [7, 11) is 0. The van der Waals surface area contributed by atoms with E-state index in [0.717, 1.165) is 32.6 Å². The summed E-state index contributed by atoms with van der Waals surface area (Å²) in [5.41, 5.74) is 0.692. The van der Waals surface area contributed by atoms with E-state index in [0.29, 0.717) is 22.9 Å². The molecule has 1 aromatic rings. The van der Waals surface area contributed by atoms with Gasteiger partial charge in [-0.25, -0.2) is 4.39 Å². The van der Waals surface area contributed by atoms with Gasteiger partial charge in [0.05, 0.1) is 0 Å². The van der Waals surface area contributed by atoms with Crippen LogP contribution in [0.4, 0.5) is 4.39 Å². The van der Waals surface area contributed by atoms with Crippen molar-refractivity contribution in [2.75, 3.05) is 19.8 Å². The number of halogens is 2. The van der Waals surface area contributed by atoms with Crippen LogP contribution in [0.3, 0.4) is 0 Å². The Morgan fingerprint density at radius 3 is 3.05 bits per heavy atom. The Kier molecular flexibility index (Phi) is 5.61. The molecule has 4 heteroatoms. The number of hydrogen-bond donors (Lipinski definition) is 1. The summed E-state index contributed by atoms with van der Waals surface area (Å²) in [4.78, 5) is 0. The van der Waals surface area contributed by atoms with E-state index in [1.165, 1.54) is 6.07 Å². The predicted octanol–water partition coefficient (Wildman–Crippen LogP) is 3.43. The molecule has 1 saturated heterocycles. The van der Waals surface area contributed by atoms with Crippen molar-refractivity contribution in [1.29, 1.82) is 0 Å². The van der Waals surface area contributed by atoms with Gasteiger partial charge >= 0.3 is 0 Å². The van der Waals surface area contributed by atoms with Gasteiger partial charge in [0.1, 0.15) is 5.82 Å². The standard InChI is InChI=1S/C15H21ClFNO/c1-2-18-14(7-11-5-6-19-10-11)9-12-8-13(16)3-4-15(12)17/h3-4,8,11,14,18H,2,5-7,9-10H2,1H3.